The third kappa shape index (κ3) is 3.65. The summed E-state index contributed by atoms with van der Waals surface area (Å²) in [6.07, 6.45) is 3.50. The summed E-state index contributed by atoms with van der Waals surface area (Å²) in [5.41, 5.74) is 4.13. The van der Waals surface area contributed by atoms with E-state index < -0.39 is 11.9 Å². The van der Waals surface area contributed by atoms with Crippen LogP contribution in [-0.4, -0.2) is 48.3 Å². The molecule has 0 aromatic heterocycles. The van der Waals surface area contributed by atoms with Gasteiger partial charge in [0.2, 0.25) is 0 Å². The molecular formula is C25H25FN4O3. The number of nitrogens with zero attached hydrogens (tertiary/aromatic N) is 3. The van der Waals surface area contributed by atoms with E-state index in [9.17, 15) is 9.59 Å². The maximum Gasteiger partial charge on any atom is 0.269 e. The summed E-state index contributed by atoms with van der Waals surface area (Å²) in [4.78, 5) is 33.2. The summed E-state index contributed by atoms with van der Waals surface area (Å²) >= 11 is 0. The average molecular weight is 448 g/mol. The van der Waals surface area contributed by atoms with Gasteiger partial charge in [-0.25, -0.2) is 4.39 Å². The summed E-state index contributed by atoms with van der Waals surface area (Å²) < 4.78 is 20.9. The maximum atomic E-state index is 15.3. The quantitative estimate of drug-likeness (QED) is 0.780. The molecule has 2 aromatic carbocycles. The zero-order valence-electron chi connectivity index (χ0n) is 18.8. The van der Waals surface area contributed by atoms with E-state index in [1.54, 1.807) is 36.4 Å². The van der Waals surface area contributed by atoms with Crippen molar-refractivity contribution in [2.45, 2.75) is 39.3 Å². The Morgan fingerprint density at radius 1 is 1.18 bits per heavy atom. The Labute approximate surface area is 191 Å². The van der Waals surface area contributed by atoms with Gasteiger partial charge in [0.15, 0.2) is 17.7 Å². The van der Waals surface area contributed by atoms with Gasteiger partial charge in [-0.15, -0.1) is 0 Å². The number of benzene rings is 2. The SMILES string of the molecule is CC1=CN=CC(C)N1CN1C(=O)[C@@H](C)Oc2c(F)cc(-c3ccc4c(c3)C(=O)NCC4)cc21. The first-order valence-electron chi connectivity index (χ1n) is 11.0. The van der Waals surface area contributed by atoms with E-state index in [-0.39, 0.29) is 30.3 Å². The number of nitrogens with one attached hydrogen (secondary N) is 1. The van der Waals surface area contributed by atoms with Crippen molar-refractivity contribution in [3.05, 3.63) is 59.2 Å². The third-order valence-corrected chi connectivity index (χ3v) is 6.39. The lowest BCUT2D eigenvalue weighted by molar-refractivity contribution is -0.126. The van der Waals surface area contributed by atoms with Gasteiger partial charge in [0.1, 0.15) is 0 Å². The number of ether oxygens (including phenoxy) is 1. The molecule has 0 bridgehead atoms. The minimum Gasteiger partial charge on any atom is -0.476 e. The molecule has 0 saturated heterocycles. The Balaban J connectivity index is 1.57. The fourth-order valence-corrected chi connectivity index (χ4v) is 4.51. The molecule has 0 radical (unpaired) electrons. The van der Waals surface area contributed by atoms with Gasteiger partial charge in [-0.2, -0.15) is 0 Å². The first-order valence-corrected chi connectivity index (χ1v) is 11.0. The van der Waals surface area contributed by atoms with Crippen LogP contribution < -0.4 is 15.0 Å². The largest absolute Gasteiger partial charge is 0.476 e. The number of rotatable bonds is 3. The minimum absolute atomic E-state index is 0.0170. The van der Waals surface area contributed by atoms with Gasteiger partial charge in [0.25, 0.3) is 11.8 Å². The molecule has 2 atom stereocenters. The number of aliphatic imine (C=N–C) groups is 1. The molecule has 0 fully saturated rings. The molecule has 7 nitrogen and oxygen atoms in total. The summed E-state index contributed by atoms with van der Waals surface area (Å²) in [5, 5.41) is 2.84. The third-order valence-electron chi connectivity index (χ3n) is 6.39. The Morgan fingerprint density at radius 2 is 2.00 bits per heavy atom. The number of carbonyl (C=O) groups is 2. The molecule has 0 saturated carbocycles. The van der Waals surface area contributed by atoms with Gasteiger partial charge in [-0.3, -0.25) is 19.5 Å². The van der Waals surface area contributed by atoms with Crippen LogP contribution in [0.5, 0.6) is 5.75 Å². The predicted octanol–water partition coefficient (Wildman–Crippen LogP) is 3.49. The number of hydrogen-bond acceptors (Lipinski definition) is 5. The second-order valence-corrected chi connectivity index (χ2v) is 8.63. The summed E-state index contributed by atoms with van der Waals surface area (Å²) in [6.45, 7) is 6.39. The molecule has 170 valence electrons. The Bertz CT molecular complexity index is 1220. The molecule has 33 heavy (non-hydrogen) atoms. The molecule has 1 unspecified atom stereocenters. The van der Waals surface area contributed by atoms with Crippen molar-refractivity contribution in [2.75, 3.05) is 18.1 Å². The summed E-state index contributed by atoms with van der Waals surface area (Å²) in [7, 11) is 0. The molecule has 0 aliphatic carbocycles. The van der Waals surface area contributed by atoms with Crippen LogP contribution in [0.1, 0.15) is 36.7 Å². The van der Waals surface area contributed by atoms with Crippen molar-refractivity contribution >= 4 is 23.7 Å². The van der Waals surface area contributed by atoms with E-state index in [1.165, 1.54) is 6.07 Å². The van der Waals surface area contributed by atoms with E-state index in [4.69, 9.17) is 4.74 Å². The molecule has 8 heteroatoms. The lowest BCUT2D eigenvalue weighted by Gasteiger charge is -2.40. The number of fused-ring (bicyclic) bond motifs is 2. The van der Waals surface area contributed by atoms with Gasteiger partial charge < -0.3 is 15.0 Å². The molecule has 3 heterocycles. The minimum atomic E-state index is -0.802. The van der Waals surface area contributed by atoms with Crippen LogP contribution in [0.25, 0.3) is 11.1 Å². The lowest BCUT2D eigenvalue weighted by Crippen LogP contribution is -2.51. The highest BCUT2D eigenvalue weighted by Crippen LogP contribution is 2.41. The molecule has 1 N–H and O–H groups in total. The van der Waals surface area contributed by atoms with E-state index in [1.807, 2.05) is 30.9 Å². The second kappa shape index (κ2) is 8.03. The van der Waals surface area contributed by atoms with Gasteiger partial charge in [0, 0.05) is 30.2 Å². The standard InChI is InChI=1S/C25H25FN4O3/c1-14-11-27-12-15(2)29(14)13-30-22-10-19(9-21(26)23(22)33-16(3)25(30)32)18-5-4-17-6-7-28-24(31)20(17)8-18/h4-5,8-12,14,16H,6-7,13H2,1-3H3,(H,28,31)/t14?,16-/m1/s1. The Hall–Kier alpha value is -3.68. The van der Waals surface area contributed by atoms with Crippen LogP contribution in [-0.2, 0) is 11.2 Å². The van der Waals surface area contributed by atoms with E-state index in [2.05, 4.69) is 10.3 Å². The van der Waals surface area contributed by atoms with Crippen LogP contribution in [0.3, 0.4) is 0 Å². The van der Waals surface area contributed by atoms with Crippen LogP contribution >= 0.6 is 0 Å². The van der Waals surface area contributed by atoms with Crippen molar-refractivity contribution in [1.29, 1.82) is 0 Å². The normalized spacial score (nSPS) is 21.8. The summed E-state index contributed by atoms with van der Waals surface area (Å²) in [5.74, 6) is -0.865. The van der Waals surface area contributed by atoms with E-state index in [0.29, 0.717) is 28.9 Å². The highest BCUT2D eigenvalue weighted by atomic mass is 19.1. The number of anilines is 1. The van der Waals surface area contributed by atoms with Gasteiger partial charge in [-0.05, 0) is 62.1 Å². The first-order chi connectivity index (χ1) is 15.8. The fourth-order valence-electron chi connectivity index (χ4n) is 4.51. The molecular weight excluding hydrogens is 423 g/mol. The molecule has 3 aliphatic heterocycles. The van der Waals surface area contributed by atoms with Crippen LogP contribution in [0.15, 0.2) is 47.2 Å². The summed E-state index contributed by atoms with van der Waals surface area (Å²) in [6, 6.07) is 8.70. The number of allylic oxidation sites excluding steroid dienone is 1. The highest BCUT2D eigenvalue weighted by molar-refractivity contribution is 6.01. The number of amides is 2. The fraction of sp³-hybridized carbons (Fsp3) is 0.320. The molecule has 0 spiro atoms. The van der Waals surface area contributed by atoms with Gasteiger partial charge in [0.05, 0.1) is 18.4 Å². The van der Waals surface area contributed by atoms with Crippen LogP contribution in [0, 0.1) is 5.82 Å². The molecule has 2 aromatic rings. The van der Waals surface area contributed by atoms with Crippen molar-refractivity contribution in [2.24, 2.45) is 4.99 Å². The van der Waals surface area contributed by atoms with Crippen molar-refractivity contribution < 1.29 is 18.7 Å². The Morgan fingerprint density at radius 3 is 2.79 bits per heavy atom. The van der Waals surface area contributed by atoms with Gasteiger partial charge >= 0.3 is 0 Å². The zero-order chi connectivity index (χ0) is 23.3. The lowest BCUT2D eigenvalue weighted by atomic mass is 9.94. The zero-order valence-corrected chi connectivity index (χ0v) is 18.8. The molecule has 5 rings (SSSR count). The maximum absolute atomic E-state index is 15.3. The monoisotopic (exact) mass is 448 g/mol. The van der Waals surface area contributed by atoms with Gasteiger partial charge in [-0.1, -0.05) is 12.1 Å². The van der Waals surface area contributed by atoms with Crippen LogP contribution in [0.2, 0.25) is 0 Å². The van der Waals surface area contributed by atoms with Crippen molar-refractivity contribution in [1.82, 2.24) is 10.2 Å². The molecule has 2 amide bonds. The predicted molar refractivity (Wildman–Crippen MR) is 124 cm³/mol. The van der Waals surface area contributed by atoms with Crippen molar-refractivity contribution in [3.8, 4) is 16.9 Å². The van der Waals surface area contributed by atoms with Crippen LogP contribution in [0.4, 0.5) is 10.1 Å². The van der Waals surface area contributed by atoms with E-state index >= 15 is 4.39 Å². The topological polar surface area (TPSA) is 74.2 Å². The number of halogens is 1. The number of carbonyl (C=O) groups excluding carboxylic acids is 2. The highest BCUT2D eigenvalue weighted by Gasteiger charge is 2.36. The Kier molecular flexibility index (Phi) is 5.15. The first kappa shape index (κ1) is 21.2. The smallest absolute Gasteiger partial charge is 0.269 e. The average Bonchev–Trinajstić information content (AvgIpc) is 2.79. The van der Waals surface area contributed by atoms with E-state index in [0.717, 1.165) is 17.7 Å². The number of hydrogen-bond donors (Lipinski definition) is 1. The van der Waals surface area contributed by atoms with Crippen molar-refractivity contribution in [3.63, 3.8) is 0 Å². The second-order valence-electron chi connectivity index (χ2n) is 8.63. The molecule has 3 aliphatic rings.